The van der Waals surface area contributed by atoms with Crippen LogP contribution in [0.15, 0.2) is 0 Å². The van der Waals surface area contributed by atoms with E-state index in [-0.39, 0.29) is 11.9 Å². The van der Waals surface area contributed by atoms with Gasteiger partial charge in [-0.15, -0.1) is 0 Å². The highest BCUT2D eigenvalue weighted by molar-refractivity contribution is 5.71. The number of hydrogen-bond donors (Lipinski definition) is 0. The van der Waals surface area contributed by atoms with Crippen LogP contribution >= 0.6 is 0 Å². The monoisotopic (exact) mass is 144 g/mol. The molecule has 0 aromatic heterocycles. The van der Waals surface area contributed by atoms with Gasteiger partial charge in [0.1, 0.15) is 0 Å². The Morgan fingerprint density at radius 1 is 1.40 bits per heavy atom. The molecule has 0 N–H and O–H groups in total. The van der Waals surface area contributed by atoms with Crippen molar-refractivity contribution in [3.8, 4) is 0 Å². The number of carbonyl (C=O) groups excluding carboxylic acids is 1. The highest BCUT2D eigenvalue weighted by Gasteiger charge is 2.13. The Labute approximate surface area is 62.6 Å². The second-order valence-corrected chi connectivity index (χ2v) is 3.05. The van der Waals surface area contributed by atoms with Gasteiger partial charge in [-0.2, -0.15) is 0 Å². The maximum absolute atomic E-state index is 10.8. The SMILES string of the molecule is COC(=O)[C@@H](C)CC(C)C. The molecule has 0 saturated carbocycles. The zero-order valence-corrected chi connectivity index (χ0v) is 7.18. The summed E-state index contributed by atoms with van der Waals surface area (Å²) < 4.78 is 4.57. The summed E-state index contributed by atoms with van der Waals surface area (Å²) in [4.78, 5) is 10.8. The van der Waals surface area contributed by atoms with Crippen molar-refractivity contribution >= 4 is 5.97 Å². The first-order valence-electron chi connectivity index (χ1n) is 3.65. The Hall–Kier alpha value is -0.530. The second kappa shape index (κ2) is 4.31. The number of rotatable bonds is 3. The van der Waals surface area contributed by atoms with Gasteiger partial charge < -0.3 is 4.74 Å². The molecule has 0 aromatic carbocycles. The molecular formula is C8H16O2. The topological polar surface area (TPSA) is 26.3 Å². The lowest BCUT2D eigenvalue weighted by Crippen LogP contribution is -2.14. The van der Waals surface area contributed by atoms with Gasteiger partial charge in [-0.05, 0) is 12.3 Å². The number of ether oxygens (including phenoxy) is 1. The molecular weight excluding hydrogens is 128 g/mol. The summed E-state index contributed by atoms with van der Waals surface area (Å²) in [7, 11) is 1.43. The highest BCUT2D eigenvalue weighted by atomic mass is 16.5. The molecule has 60 valence electrons. The standard InChI is InChI=1S/C8H16O2/c1-6(2)5-7(3)8(9)10-4/h6-7H,5H2,1-4H3/t7-/m0/s1. The maximum atomic E-state index is 10.8. The van der Waals surface area contributed by atoms with E-state index in [4.69, 9.17) is 0 Å². The zero-order valence-electron chi connectivity index (χ0n) is 7.18. The molecule has 2 nitrogen and oxygen atoms in total. The molecule has 0 heterocycles. The minimum Gasteiger partial charge on any atom is -0.469 e. The molecule has 0 unspecified atom stereocenters. The lowest BCUT2D eigenvalue weighted by Gasteiger charge is -2.10. The molecule has 0 radical (unpaired) electrons. The molecule has 0 bridgehead atoms. The number of methoxy groups -OCH3 is 1. The molecule has 2 heteroatoms. The minimum atomic E-state index is -0.103. The van der Waals surface area contributed by atoms with Crippen molar-refractivity contribution in [2.75, 3.05) is 7.11 Å². The van der Waals surface area contributed by atoms with E-state index in [1.807, 2.05) is 6.92 Å². The third-order valence-electron chi connectivity index (χ3n) is 1.43. The Bertz CT molecular complexity index is 108. The minimum absolute atomic E-state index is 0.0463. The van der Waals surface area contributed by atoms with E-state index in [1.54, 1.807) is 0 Å². The van der Waals surface area contributed by atoms with Gasteiger partial charge in [-0.1, -0.05) is 20.8 Å². The second-order valence-electron chi connectivity index (χ2n) is 3.05. The lowest BCUT2D eigenvalue weighted by molar-refractivity contribution is -0.145. The van der Waals surface area contributed by atoms with Gasteiger partial charge in [0.2, 0.25) is 0 Å². The largest absolute Gasteiger partial charge is 0.469 e. The summed E-state index contributed by atoms with van der Waals surface area (Å²) in [6.07, 6.45) is 0.909. The summed E-state index contributed by atoms with van der Waals surface area (Å²) >= 11 is 0. The third kappa shape index (κ3) is 3.49. The van der Waals surface area contributed by atoms with Crippen molar-refractivity contribution in [2.24, 2.45) is 11.8 Å². The Balaban J connectivity index is 3.61. The summed E-state index contributed by atoms with van der Waals surface area (Å²) in [6, 6.07) is 0. The molecule has 0 aliphatic heterocycles. The molecule has 0 amide bonds. The molecule has 0 fully saturated rings. The Morgan fingerprint density at radius 2 is 1.90 bits per heavy atom. The predicted molar refractivity (Wildman–Crippen MR) is 40.6 cm³/mol. The summed E-state index contributed by atoms with van der Waals surface area (Å²) in [5.74, 6) is 0.507. The van der Waals surface area contributed by atoms with Gasteiger partial charge in [-0.3, -0.25) is 4.79 Å². The molecule has 0 aromatic rings. The smallest absolute Gasteiger partial charge is 0.308 e. The van der Waals surface area contributed by atoms with Crippen LogP contribution in [0.5, 0.6) is 0 Å². The fraction of sp³-hybridized carbons (Fsp3) is 0.875. The van der Waals surface area contributed by atoms with E-state index in [2.05, 4.69) is 18.6 Å². The van der Waals surface area contributed by atoms with Crippen molar-refractivity contribution in [3.05, 3.63) is 0 Å². The maximum Gasteiger partial charge on any atom is 0.308 e. The van der Waals surface area contributed by atoms with E-state index in [9.17, 15) is 4.79 Å². The summed E-state index contributed by atoms with van der Waals surface area (Å²) in [6.45, 7) is 6.09. The average molecular weight is 144 g/mol. The van der Waals surface area contributed by atoms with Crippen LogP contribution in [-0.4, -0.2) is 13.1 Å². The number of hydrogen-bond acceptors (Lipinski definition) is 2. The average Bonchev–Trinajstić information content (AvgIpc) is 1.85. The summed E-state index contributed by atoms with van der Waals surface area (Å²) in [5.41, 5.74) is 0. The van der Waals surface area contributed by atoms with E-state index in [1.165, 1.54) is 7.11 Å². The molecule has 0 saturated heterocycles. The number of carbonyl (C=O) groups is 1. The van der Waals surface area contributed by atoms with Crippen LogP contribution in [0, 0.1) is 11.8 Å². The first-order valence-corrected chi connectivity index (χ1v) is 3.65. The van der Waals surface area contributed by atoms with Crippen molar-refractivity contribution in [1.82, 2.24) is 0 Å². The zero-order chi connectivity index (χ0) is 8.15. The van der Waals surface area contributed by atoms with Crippen LogP contribution in [-0.2, 0) is 9.53 Å². The van der Waals surface area contributed by atoms with Crippen LogP contribution in [0.4, 0.5) is 0 Å². The Morgan fingerprint density at radius 3 is 2.20 bits per heavy atom. The van der Waals surface area contributed by atoms with Crippen molar-refractivity contribution in [1.29, 1.82) is 0 Å². The van der Waals surface area contributed by atoms with E-state index < -0.39 is 0 Å². The van der Waals surface area contributed by atoms with Gasteiger partial charge in [-0.25, -0.2) is 0 Å². The van der Waals surface area contributed by atoms with Crippen molar-refractivity contribution < 1.29 is 9.53 Å². The van der Waals surface area contributed by atoms with Gasteiger partial charge in [0.25, 0.3) is 0 Å². The normalized spacial score (nSPS) is 13.3. The Kier molecular flexibility index (Phi) is 4.08. The van der Waals surface area contributed by atoms with E-state index in [0.717, 1.165) is 6.42 Å². The highest BCUT2D eigenvalue weighted by Crippen LogP contribution is 2.11. The molecule has 0 rings (SSSR count). The fourth-order valence-corrected chi connectivity index (χ4v) is 1.00. The molecule has 10 heavy (non-hydrogen) atoms. The quantitative estimate of drug-likeness (QED) is 0.565. The molecule has 1 atom stereocenters. The van der Waals surface area contributed by atoms with Crippen LogP contribution in [0.25, 0.3) is 0 Å². The van der Waals surface area contributed by atoms with Gasteiger partial charge in [0.05, 0.1) is 13.0 Å². The van der Waals surface area contributed by atoms with Crippen LogP contribution in [0.1, 0.15) is 27.2 Å². The first kappa shape index (κ1) is 9.47. The van der Waals surface area contributed by atoms with Crippen LogP contribution < -0.4 is 0 Å². The van der Waals surface area contributed by atoms with Gasteiger partial charge >= 0.3 is 5.97 Å². The molecule has 0 aliphatic carbocycles. The fourth-order valence-electron chi connectivity index (χ4n) is 1.00. The van der Waals surface area contributed by atoms with Crippen molar-refractivity contribution in [3.63, 3.8) is 0 Å². The molecule has 0 aliphatic rings. The van der Waals surface area contributed by atoms with Crippen LogP contribution in [0.3, 0.4) is 0 Å². The van der Waals surface area contributed by atoms with E-state index in [0.29, 0.717) is 5.92 Å². The molecule has 0 spiro atoms. The van der Waals surface area contributed by atoms with Crippen molar-refractivity contribution in [2.45, 2.75) is 27.2 Å². The first-order chi connectivity index (χ1) is 4.57. The summed E-state index contributed by atoms with van der Waals surface area (Å²) in [5, 5.41) is 0. The number of esters is 1. The van der Waals surface area contributed by atoms with Crippen LogP contribution in [0.2, 0.25) is 0 Å². The third-order valence-corrected chi connectivity index (χ3v) is 1.43. The van der Waals surface area contributed by atoms with Gasteiger partial charge in [0, 0.05) is 0 Å². The van der Waals surface area contributed by atoms with Gasteiger partial charge in [0.15, 0.2) is 0 Å². The van der Waals surface area contributed by atoms with E-state index >= 15 is 0 Å². The lowest BCUT2D eigenvalue weighted by atomic mass is 9.99. The predicted octanol–water partition coefficient (Wildman–Crippen LogP) is 1.84.